The molecule has 1 aliphatic rings. The molecule has 0 spiro atoms. The van der Waals surface area contributed by atoms with Crippen LogP contribution < -0.4 is 0 Å². The van der Waals surface area contributed by atoms with E-state index in [0.29, 0.717) is 19.5 Å². The highest BCUT2D eigenvalue weighted by Gasteiger charge is 2.28. The van der Waals surface area contributed by atoms with Crippen molar-refractivity contribution in [1.82, 2.24) is 23.9 Å². The number of aryl methyl sites for hydroxylation is 2. The molecule has 21 heavy (non-hydrogen) atoms. The number of hydrogen-bond acceptors (Lipinski definition) is 4. The molecule has 7 nitrogen and oxygen atoms in total. The quantitative estimate of drug-likeness (QED) is 0.834. The van der Waals surface area contributed by atoms with E-state index < -0.39 is 10.0 Å². The highest BCUT2D eigenvalue weighted by molar-refractivity contribution is 7.89. The molecule has 0 bridgehead atoms. The van der Waals surface area contributed by atoms with E-state index >= 15 is 0 Å². The van der Waals surface area contributed by atoms with Crippen LogP contribution in [0.2, 0.25) is 0 Å². The molecule has 8 heteroatoms. The molecule has 0 fully saturated rings. The van der Waals surface area contributed by atoms with Crippen LogP contribution in [0.4, 0.5) is 0 Å². The van der Waals surface area contributed by atoms with E-state index in [1.165, 1.54) is 21.4 Å². The summed E-state index contributed by atoms with van der Waals surface area (Å²) in [5, 5.41) is 8.08. The molecule has 0 radical (unpaired) electrons. The first kappa shape index (κ1) is 14.0. The van der Waals surface area contributed by atoms with Crippen molar-refractivity contribution < 1.29 is 8.42 Å². The second kappa shape index (κ2) is 5.12. The van der Waals surface area contributed by atoms with E-state index in [0.717, 1.165) is 11.1 Å². The first-order valence-corrected chi connectivity index (χ1v) is 8.07. The number of sulfonamides is 1. The lowest BCUT2D eigenvalue weighted by Crippen LogP contribution is -2.35. The van der Waals surface area contributed by atoms with Crippen LogP contribution in [-0.2, 0) is 24.1 Å². The van der Waals surface area contributed by atoms with Crippen LogP contribution in [0.3, 0.4) is 0 Å². The minimum absolute atomic E-state index is 0.234. The molecular weight excluding hydrogens is 290 g/mol. The maximum absolute atomic E-state index is 12.6. The van der Waals surface area contributed by atoms with Crippen LogP contribution in [0.15, 0.2) is 35.8 Å². The monoisotopic (exact) mass is 307 g/mol. The number of aromatic nitrogens is 4. The van der Waals surface area contributed by atoms with E-state index in [1.54, 1.807) is 17.9 Å². The summed E-state index contributed by atoms with van der Waals surface area (Å²) < 4.78 is 29.9. The first-order valence-electron chi connectivity index (χ1n) is 6.63. The van der Waals surface area contributed by atoms with Gasteiger partial charge in [0.1, 0.15) is 4.90 Å². The molecule has 2 aromatic heterocycles. The molecule has 0 unspecified atom stereocenters. The van der Waals surface area contributed by atoms with Gasteiger partial charge in [-0.2, -0.15) is 14.5 Å². The van der Waals surface area contributed by atoms with Crippen LogP contribution in [0.5, 0.6) is 0 Å². The van der Waals surface area contributed by atoms with E-state index in [2.05, 4.69) is 16.3 Å². The summed E-state index contributed by atoms with van der Waals surface area (Å²) in [5.74, 6) is 0. The SMILES string of the molecule is Cn1cc(C2=CCCN(S(=O)(=O)c3cnn(C)c3)C2)cn1. The molecule has 0 atom stereocenters. The zero-order valence-electron chi connectivity index (χ0n) is 12.0. The molecule has 112 valence electrons. The predicted octanol–water partition coefficient (Wildman–Crippen LogP) is 0.632. The van der Waals surface area contributed by atoms with Gasteiger partial charge >= 0.3 is 0 Å². The lowest BCUT2D eigenvalue weighted by atomic mass is 10.1. The Kier molecular flexibility index (Phi) is 3.42. The summed E-state index contributed by atoms with van der Waals surface area (Å²) in [6.45, 7) is 0.851. The Morgan fingerprint density at radius 3 is 2.43 bits per heavy atom. The fourth-order valence-corrected chi connectivity index (χ4v) is 3.82. The van der Waals surface area contributed by atoms with E-state index in [1.807, 2.05) is 13.2 Å². The van der Waals surface area contributed by atoms with Gasteiger partial charge in [-0.05, 0) is 12.0 Å². The third-order valence-electron chi connectivity index (χ3n) is 3.51. The second-order valence-corrected chi connectivity index (χ2v) is 7.05. The van der Waals surface area contributed by atoms with Crippen LogP contribution in [0.1, 0.15) is 12.0 Å². The molecular formula is C13H17N5O2S. The zero-order valence-corrected chi connectivity index (χ0v) is 12.8. The van der Waals surface area contributed by atoms with Crippen molar-refractivity contribution in [3.8, 4) is 0 Å². The van der Waals surface area contributed by atoms with Crippen LogP contribution in [0.25, 0.3) is 5.57 Å². The lowest BCUT2D eigenvalue weighted by molar-refractivity contribution is 0.443. The highest BCUT2D eigenvalue weighted by atomic mass is 32.2. The molecule has 0 saturated carbocycles. The van der Waals surface area contributed by atoms with Gasteiger partial charge in [-0.3, -0.25) is 9.36 Å². The Balaban J connectivity index is 1.86. The Labute approximate surface area is 123 Å². The van der Waals surface area contributed by atoms with Crippen molar-refractivity contribution in [3.63, 3.8) is 0 Å². The molecule has 0 saturated heterocycles. The van der Waals surface area contributed by atoms with Gasteiger partial charge in [-0.1, -0.05) is 6.08 Å². The van der Waals surface area contributed by atoms with Gasteiger partial charge < -0.3 is 0 Å². The minimum atomic E-state index is -3.49. The zero-order chi connectivity index (χ0) is 15.0. The van der Waals surface area contributed by atoms with Gasteiger partial charge in [0.05, 0.1) is 12.4 Å². The summed E-state index contributed by atoms with van der Waals surface area (Å²) >= 11 is 0. The average molecular weight is 307 g/mol. The molecule has 0 N–H and O–H groups in total. The molecule has 2 aromatic rings. The third kappa shape index (κ3) is 2.64. The summed E-state index contributed by atoms with van der Waals surface area (Å²) in [4.78, 5) is 0.234. The topological polar surface area (TPSA) is 73.0 Å². The van der Waals surface area contributed by atoms with Gasteiger partial charge in [-0.25, -0.2) is 8.42 Å². The Hall–Kier alpha value is -1.93. The second-order valence-electron chi connectivity index (χ2n) is 5.11. The normalized spacial score (nSPS) is 17.0. The van der Waals surface area contributed by atoms with E-state index in [4.69, 9.17) is 0 Å². The molecule has 3 rings (SSSR count). The standard InChI is InChI=1S/C13H17N5O2S/c1-16-8-12(6-14-16)11-4-3-5-18(9-11)21(19,20)13-7-15-17(2)10-13/h4,6-8,10H,3,5,9H2,1-2H3. The number of nitrogens with zero attached hydrogens (tertiary/aromatic N) is 5. The van der Waals surface area contributed by atoms with E-state index in [-0.39, 0.29) is 4.90 Å². The van der Waals surface area contributed by atoms with Crippen LogP contribution in [0, 0.1) is 0 Å². The fraction of sp³-hybridized carbons (Fsp3) is 0.385. The third-order valence-corrected chi connectivity index (χ3v) is 5.31. The molecule has 0 amide bonds. The molecule has 0 aliphatic carbocycles. The average Bonchev–Trinajstić information content (AvgIpc) is 3.08. The summed E-state index contributed by atoms with van der Waals surface area (Å²) in [5.41, 5.74) is 1.95. The molecule has 1 aliphatic heterocycles. The van der Waals surface area contributed by atoms with Crippen molar-refractivity contribution in [3.05, 3.63) is 36.4 Å². The fourth-order valence-electron chi connectivity index (χ4n) is 2.40. The van der Waals surface area contributed by atoms with Crippen molar-refractivity contribution in [2.75, 3.05) is 13.1 Å². The van der Waals surface area contributed by atoms with E-state index in [9.17, 15) is 8.42 Å². The number of rotatable bonds is 3. The lowest BCUT2D eigenvalue weighted by Gasteiger charge is -2.25. The predicted molar refractivity (Wildman–Crippen MR) is 77.8 cm³/mol. The maximum atomic E-state index is 12.6. The Morgan fingerprint density at radius 2 is 1.81 bits per heavy atom. The maximum Gasteiger partial charge on any atom is 0.246 e. The minimum Gasteiger partial charge on any atom is -0.275 e. The summed E-state index contributed by atoms with van der Waals surface area (Å²) in [6, 6.07) is 0. The first-order chi connectivity index (χ1) is 9.96. The van der Waals surface area contributed by atoms with Crippen molar-refractivity contribution in [1.29, 1.82) is 0 Å². The highest BCUT2D eigenvalue weighted by Crippen LogP contribution is 2.25. The molecule has 3 heterocycles. The van der Waals surface area contributed by atoms with Crippen molar-refractivity contribution in [2.45, 2.75) is 11.3 Å². The van der Waals surface area contributed by atoms with Gasteiger partial charge in [0.25, 0.3) is 0 Å². The Bertz CT molecular complexity index is 787. The van der Waals surface area contributed by atoms with Gasteiger partial charge in [0.15, 0.2) is 0 Å². The smallest absolute Gasteiger partial charge is 0.246 e. The Morgan fingerprint density at radius 1 is 1.10 bits per heavy atom. The van der Waals surface area contributed by atoms with Gasteiger partial charge in [0.2, 0.25) is 10.0 Å². The largest absolute Gasteiger partial charge is 0.275 e. The van der Waals surface area contributed by atoms with Crippen LogP contribution in [-0.4, -0.2) is 45.4 Å². The van der Waals surface area contributed by atoms with Crippen LogP contribution >= 0.6 is 0 Å². The van der Waals surface area contributed by atoms with Gasteiger partial charge in [-0.15, -0.1) is 0 Å². The number of hydrogen-bond donors (Lipinski definition) is 0. The van der Waals surface area contributed by atoms with Gasteiger partial charge in [0, 0.05) is 45.1 Å². The van der Waals surface area contributed by atoms with Crippen molar-refractivity contribution in [2.24, 2.45) is 14.1 Å². The van der Waals surface area contributed by atoms with Crippen molar-refractivity contribution >= 4 is 15.6 Å². The summed E-state index contributed by atoms with van der Waals surface area (Å²) in [7, 11) is 0.0555. The summed E-state index contributed by atoms with van der Waals surface area (Å²) in [6.07, 6.45) is 9.34. The molecule has 0 aromatic carbocycles.